The molecule has 1 aromatic rings. The molecule has 1 amide bonds. The van der Waals surface area contributed by atoms with Crippen molar-refractivity contribution in [1.29, 1.82) is 0 Å². The summed E-state index contributed by atoms with van der Waals surface area (Å²) < 4.78 is 41.1. The zero-order valence-electron chi connectivity index (χ0n) is 11.4. The average Bonchev–Trinajstić information content (AvgIpc) is 2.67. The number of guanidine groups is 1. The van der Waals surface area contributed by atoms with Gasteiger partial charge in [0.05, 0.1) is 0 Å². The fraction of sp³-hybridized carbons (Fsp3) is 0.385. The van der Waals surface area contributed by atoms with Gasteiger partial charge in [-0.2, -0.15) is 0 Å². The van der Waals surface area contributed by atoms with E-state index in [1.807, 2.05) is 13.8 Å². The molecule has 2 rings (SSSR count). The van der Waals surface area contributed by atoms with E-state index in [4.69, 9.17) is 0 Å². The van der Waals surface area contributed by atoms with Gasteiger partial charge in [0.15, 0.2) is 12.0 Å². The molecule has 0 fully saturated rings. The zero-order chi connectivity index (χ0) is 15.6. The van der Waals surface area contributed by atoms with E-state index in [2.05, 4.69) is 20.4 Å². The van der Waals surface area contributed by atoms with Gasteiger partial charge >= 0.3 is 6.36 Å². The van der Waals surface area contributed by atoms with E-state index in [9.17, 15) is 18.0 Å². The Hall–Kier alpha value is -2.25. The molecule has 21 heavy (non-hydrogen) atoms. The lowest BCUT2D eigenvalue weighted by Crippen LogP contribution is -2.40. The average molecular weight is 301 g/mol. The highest BCUT2D eigenvalue weighted by atomic mass is 19.4. The van der Waals surface area contributed by atoms with Crippen LogP contribution >= 0.6 is 0 Å². The van der Waals surface area contributed by atoms with Crippen LogP contribution in [-0.4, -0.2) is 24.3 Å². The van der Waals surface area contributed by atoms with Gasteiger partial charge in [-0.05, 0) is 19.9 Å². The van der Waals surface area contributed by atoms with Crippen LogP contribution < -0.4 is 15.4 Å². The number of hydrogen-bond donors (Lipinski definition) is 2. The van der Waals surface area contributed by atoms with Crippen LogP contribution in [0, 0.1) is 0 Å². The van der Waals surface area contributed by atoms with Crippen molar-refractivity contribution in [2.45, 2.75) is 32.3 Å². The van der Waals surface area contributed by atoms with Crippen LogP contribution in [0.25, 0.3) is 0 Å². The number of nitrogens with one attached hydrogen (secondary N) is 2. The highest BCUT2D eigenvalue weighted by molar-refractivity contribution is 6.05. The normalized spacial score (nSPS) is 18.5. The first-order valence-electron chi connectivity index (χ1n) is 6.26. The molecule has 1 unspecified atom stereocenters. The molecule has 1 aliphatic heterocycles. The summed E-state index contributed by atoms with van der Waals surface area (Å²) in [4.78, 5) is 15.9. The molecule has 2 N–H and O–H groups in total. The highest BCUT2D eigenvalue weighted by Gasteiger charge is 2.35. The predicted molar refractivity (Wildman–Crippen MR) is 69.7 cm³/mol. The third-order valence-corrected chi connectivity index (χ3v) is 2.61. The van der Waals surface area contributed by atoms with E-state index >= 15 is 0 Å². The number of aliphatic imine (C=N–C) groups is 1. The van der Waals surface area contributed by atoms with Gasteiger partial charge in [0.1, 0.15) is 5.75 Å². The van der Waals surface area contributed by atoms with E-state index in [-0.39, 0.29) is 17.6 Å². The van der Waals surface area contributed by atoms with Gasteiger partial charge in [0.25, 0.3) is 5.91 Å². The molecule has 1 aliphatic rings. The summed E-state index contributed by atoms with van der Waals surface area (Å²) in [5.41, 5.74) is 0.0629. The number of hydrogen-bond acceptors (Lipinski definition) is 4. The minimum atomic E-state index is -4.83. The van der Waals surface area contributed by atoms with Crippen molar-refractivity contribution in [1.82, 2.24) is 10.6 Å². The number of nitrogens with zero attached hydrogens (tertiary/aromatic N) is 1. The topological polar surface area (TPSA) is 62.7 Å². The maximum atomic E-state index is 12.4. The number of ether oxygens (including phenoxy) is 1. The third-order valence-electron chi connectivity index (χ3n) is 2.61. The Labute approximate surface area is 119 Å². The molecular formula is C13H14F3N3O2. The summed E-state index contributed by atoms with van der Waals surface area (Å²) in [6, 6.07) is 4.42. The first-order chi connectivity index (χ1) is 9.76. The quantitative estimate of drug-likeness (QED) is 0.899. The Bertz CT molecular complexity index is 570. The number of halogens is 3. The van der Waals surface area contributed by atoms with Crippen molar-refractivity contribution in [3.05, 3.63) is 29.8 Å². The minimum Gasteiger partial charge on any atom is -0.405 e. The second kappa shape index (κ2) is 5.63. The Morgan fingerprint density at radius 3 is 2.62 bits per heavy atom. The summed E-state index contributed by atoms with van der Waals surface area (Å²) in [5, 5.41) is 5.38. The maximum absolute atomic E-state index is 12.4. The number of para-hydroxylation sites is 1. The number of benzene rings is 1. The number of carbonyl (C=O) groups is 1. The van der Waals surface area contributed by atoms with Crippen molar-refractivity contribution in [3.63, 3.8) is 0 Å². The first-order valence-corrected chi connectivity index (χ1v) is 6.26. The van der Waals surface area contributed by atoms with Gasteiger partial charge < -0.3 is 10.1 Å². The van der Waals surface area contributed by atoms with Crippen LogP contribution in [0.4, 0.5) is 13.2 Å². The predicted octanol–water partition coefficient (Wildman–Crippen LogP) is 2.11. The lowest BCUT2D eigenvalue weighted by Gasteiger charge is -2.14. The van der Waals surface area contributed by atoms with Crippen LogP contribution in [0.15, 0.2) is 29.3 Å². The minimum absolute atomic E-state index is 0.0319. The van der Waals surface area contributed by atoms with Gasteiger partial charge in [-0.25, -0.2) is 4.99 Å². The van der Waals surface area contributed by atoms with Crippen molar-refractivity contribution < 1.29 is 22.7 Å². The van der Waals surface area contributed by atoms with Crippen LogP contribution in [0.1, 0.15) is 25.5 Å². The van der Waals surface area contributed by atoms with E-state index in [0.717, 1.165) is 6.07 Å². The molecule has 114 valence electrons. The third kappa shape index (κ3) is 3.87. The summed E-state index contributed by atoms with van der Waals surface area (Å²) in [5.74, 6) is -0.696. The number of carbonyl (C=O) groups excluding carboxylic acids is 1. The first kappa shape index (κ1) is 15.1. The highest BCUT2D eigenvalue weighted by Crippen LogP contribution is 2.33. The molecule has 1 atom stereocenters. The molecule has 5 nitrogen and oxygen atoms in total. The number of amides is 1. The van der Waals surface area contributed by atoms with Crippen LogP contribution in [-0.2, 0) is 4.79 Å². The van der Waals surface area contributed by atoms with Crippen LogP contribution in [0.5, 0.6) is 5.75 Å². The molecular weight excluding hydrogens is 287 g/mol. The molecule has 0 saturated carbocycles. The zero-order valence-corrected chi connectivity index (χ0v) is 11.4. The van der Waals surface area contributed by atoms with E-state index in [1.165, 1.54) is 18.2 Å². The second-order valence-electron chi connectivity index (χ2n) is 4.75. The fourth-order valence-corrected chi connectivity index (χ4v) is 1.89. The molecule has 0 bridgehead atoms. The van der Waals surface area contributed by atoms with Crippen LogP contribution in [0.2, 0.25) is 0 Å². The van der Waals surface area contributed by atoms with Crippen molar-refractivity contribution in [3.8, 4) is 5.75 Å². The lowest BCUT2D eigenvalue weighted by atomic mass is 10.1. The monoisotopic (exact) mass is 301 g/mol. The van der Waals surface area contributed by atoms with Gasteiger partial charge in [-0.3, -0.25) is 10.1 Å². The number of rotatable bonds is 3. The summed E-state index contributed by atoms with van der Waals surface area (Å²) in [6.45, 7) is 3.70. The van der Waals surface area contributed by atoms with Crippen LogP contribution in [0.3, 0.4) is 0 Å². The molecule has 0 radical (unpaired) electrons. The Balaban J connectivity index is 2.29. The second-order valence-corrected chi connectivity index (χ2v) is 4.75. The fourth-order valence-electron chi connectivity index (χ4n) is 1.89. The molecule has 1 aromatic carbocycles. The largest absolute Gasteiger partial charge is 0.573 e. The van der Waals surface area contributed by atoms with E-state index in [1.54, 1.807) is 0 Å². The summed E-state index contributed by atoms with van der Waals surface area (Å²) in [6.07, 6.45) is -4.83. The van der Waals surface area contributed by atoms with E-state index < -0.39 is 24.1 Å². The molecule has 0 spiro atoms. The molecule has 0 saturated heterocycles. The SMILES string of the molecule is CC(C)NC1=NC(c2ccccc2OC(F)(F)F)C(=O)N1. The van der Waals surface area contributed by atoms with Gasteiger partial charge in [0.2, 0.25) is 0 Å². The Kier molecular flexibility index (Phi) is 4.06. The van der Waals surface area contributed by atoms with E-state index in [0.29, 0.717) is 0 Å². The maximum Gasteiger partial charge on any atom is 0.573 e. The number of alkyl halides is 3. The molecule has 0 aliphatic carbocycles. The lowest BCUT2D eigenvalue weighted by molar-refractivity contribution is -0.275. The summed E-state index contributed by atoms with van der Waals surface area (Å²) in [7, 11) is 0. The van der Waals surface area contributed by atoms with Gasteiger partial charge in [-0.15, -0.1) is 13.2 Å². The van der Waals surface area contributed by atoms with Crippen molar-refractivity contribution >= 4 is 11.9 Å². The smallest absolute Gasteiger partial charge is 0.405 e. The van der Waals surface area contributed by atoms with Crippen molar-refractivity contribution in [2.75, 3.05) is 0 Å². The Morgan fingerprint density at radius 2 is 2.00 bits per heavy atom. The molecule has 1 heterocycles. The van der Waals surface area contributed by atoms with Crippen molar-refractivity contribution in [2.24, 2.45) is 4.99 Å². The molecule has 0 aromatic heterocycles. The van der Waals surface area contributed by atoms with Gasteiger partial charge in [0, 0.05) is 11.6 Å². The van der Waals surface area contributed by atoms with Gasteiger partial charge in [-0.1, -0.05) is 18.2 Å². The standard InChI is InChI=1S/C13H14F3N3O2/c1-7(2)17-12-18-10(11(20)19-12)8-5-3-4-6-9(8)21-13(14,15)16/h3-7,10H,1-2H3,(H2,17,18,19,20). The summed E-state index contributed by atoms with van der Waals surface area (Å²) >= 11 is 0. The molecule has 8 heteroatoms. The Morgan fingerprint density at radius 1 is 1.33 bits per heavy atom.